The van der Waals surface area contributed by atoms with E-state index in [4.69, 9.17) is 10.3 Å². The standard InChI is InChI=1S/C16H15BrN2OS/c1-9(2)10-3-5-11(6-4-10)13-14(20-19-16(13)18)15-12(17)7-8-21-15/h3-9H,1-2H3,(H2,18,19). The Kier molecular flexibility index (Phi) is 3.87. The second kappa shape index (κ2) is 5.66. The molecule has 2 heterocycles. The number of nitrogen functional groups attached to an aromatic ring is 1. The molecule has 3 aromatic rings. The van der Waals surface area contributed by atoms with Gasteiger partial charge in [0.15, 0.2) is 11.6 Å². The van der Waals surface area contributed by atoms with Crippen LogP contribution in [-0.4, -0.2) is 5.16 Å². The van der Waals surface area contributed by atoms with Gasteiger partial charge in [-0.15, -0.1) is 11.3 Å². The molecule has 0 spiro atoms. The fraction of sp³-hybridized carbons (Fsp3) is 0.188. The summed E-state index contributed by atoms with van der Waals surface area (Å²) < 4.78 is 6.45. The van der Waals surface area contributed by atoms with E-state index in [0.717, 1.165) is 20.5 Å². The van der Waals surface area contributed by atoms with Gasteiger partial charge in [0.25, 0.3) is 0 Å². The normalized spacial score (nSPS) is 11.2. The maximum absolute atomic E-state index is 6.01. The second-order valence-corrected chi connectivity index (χ2v) is 6.92. The average molecular weight is 363 g/mol. The van der Waals surface area contributed by atoms with Gasteiger partial charge in [-0.25, -0.2) is 0 Å². The van der Waals surface area contributed by atoms with Crippen LogP contribution < -0.4 is 5.73 Å². The van der Waals surface area contributed by atoms with Crippen molar-refractivity contribution in [2.45, 2.75) is 19.8 Å². The smallest absolute Gasteiger partial charge is 0.187 e. The summed E-state index contributed by atoms with van der Waals surface area (Å²) in [6.07, 6.45) is 0. The average Bonchev–Trinajstić information content (AvgIpc) is 3.04. The lowest BCUT2D eigenvalue weighted by molar-refractivity contribution is 0.437. The van der Waals surface area contributed by atoms with Crippen LogP contribution in [0.4, 0.5) is 5.82 Å². The van der Waals surface area contributed by atoms with Crippen LogP contribution in [0.15, 0.2) is 44.7 Å². The van der Waals surface area contributed by atoms with Crippen molar-refractivity contribution in [2.24, 2.45) is 0 Å². The van der Waals surface area contributed by atoms with Crippen LogP contribution >= 0.6 is 27.3 Å². The molecule has 0 atom stereocenters. The quantitative estimate of drug-likeness (QED) is 0.665. The van der Waals surface area contributed by atoms with E-state index in [1.807, 2.05) is 11.4 Å². The maximum Gasteiger partial charge on any atom is 0.187 e. The minimum absolute atomic E-state index is 0.419. The number of thiophene rings is 1. The SMILES string of the molecule is CC(C)c1ccc(-c2c(N)noc2-c2sccc2Br)cc1. The first kappa shape index (κ1) is 14.4. The Morgan fingerprint density at radius 1 is 1.19 bits per heavy atom. The first-order chi connectivity index (χ1) is 10.1. The Balaban J connectivity index is 2.10. The third-order valence-electron chi connectivity index (χ3n) is 3.41. The van der Waals surface area contributed by atoms with Gasteiger partial charge >= 0.3 is 0 Å². The van der Waals surface area contributed by atoms with Crippen LogP contribution in [0.1, 0.15) is 25.3 Å². The van der Waals surface area contributed by atoms with Crippen molar-refractivity contribution >= 4 is 33.1 Å². The number of benzene rings is 1. The highest BCUT2D eigenvalue weighted by Gasteiger charge is 2.20. The van der Waals surface area contributed by atoms with Gasteiger partial charge in [0.2, 0.25) is 0 Å². The van der Waals surface area contributed by atoms with E-state index < -0.39 is 0 Å². The Morgan fingerprint density at radius 2 is 1.90 bits per heavy atom. The molecule has 21 heavy (non-hydrogen) atoms. The van der Waals surface area contributed by atoms with E-state index in [-0.39, 0.29) is 0 Å². The lowest BCUT2D eigenvalue weighted by atomic mass is 9.98. The molecule has 5 heteroatoms. The molecule has 0 saturated heterocycles. The molecular formula is C16H15BrN2OS. The lowest BCUT2D eigenvalue weighted by Gasteiger charge is -2.07. The summed E-state index contributed by atoms with van der Waals surface area (Å²) in [6.45, 7) is 4.36. The van der Waals surface area contributed by atoms with Crippen molar-refractivity contribution in [2.75, 3.05) is 5.73 Å². The molecule has 0 aliphatic carbocycles. The largest absolute Gasteiger partial charge is 0.380 e. The molecule has 0 fully saturated rings. The molecule has 3 nitrogen and oxygen atoms in total. The highest BCUT2D eigenvalue weighted by atomic mass is 79.9. The molecular weight excluding hydrogens is 348 g/mol. The topological polar surface area (TPSA) is 52.0 Å². The minimum atomic E-state index is 0.419. The molecule has 3 rings (SSSR count). The zero-order valence-corrected chi connectivity index (χ0v) is 14.2. The van der Waals surface area contributed by atoms with Crippen molar-refractivity contribution in [3.05, 3.63) is 45.7 Å². The number of nitrogens with zero attached hydrogens (tertiary/aromatic N) is 1. The van der Waals surface area contributed by atoms with Gasteiger partial charge in [0.1, 0.15) is 0 Å². The van der Waals surface area contributed by atoms with Crippen LogP contribution in [0.5, 0.6) is 0 Å². The number of hydrogen-bond acceptors (Lipinski definition) is 4. The van der Waals surface area contributed by atoms with Gasteiger partial charge in [-0.1, -0.05) is 43.3 Å². The maximum atomic E-state index is 6.01. The number of nitrogens with two attached hydrogens (primary N) is 1. The summed E-state index contributed by atoms with van der Waals surface area (Å²) >= 11 is 5.13. The minimum Gasteiger partial charge on any atom is -0.380 e. The van der Waals surface area contributed by atoms with E-state index in [0.29, 0.717) is 17.5 Å². The molecule has 2 aromatic heterocycles. The van der Waals surface area contributed by atoms with E-state index >= 15 is 0 Å². The molecule has 108 valence electrons. The highest BCUT2D eigenvalue weighted by Crippen LogP contribution is 2.42. The van der Waals surface area contributed by atoms with Crippen LogP contribution in [-0.2, 0) is 0 Å². The summed E-state index contributed by atoms with van der Waals surface area (Å²) in [4.78, 5) is 1.00. The summed E-state index contributed by atoms with van der Waals surface area (Å²) in [5.74, 6) is 1.64. The number of aromatic nitrogens is 1. The van der Waals surface area contributed by atoms with Gasteiger partial charge in [0.05, 0.1) is 10.4 Å². The molecule has 0 bridgehead atoms. The first-order valence-electron chi connectivity index (χ1n) is 6.66. The fourth-order valence-electron chi connectivity index (χ4n) is 2.23. The summed E-state index contributed by atoms with van der Waals surface area (Å²) in [5, 5.41) is 5.94. The van der Waals surface area contributed by atoms with Gasteiger partial charge < -0.3 is 10.3 Å². The molecule has 0 amide bonds. The monoisotopic (exact) mass is 362 g/mol. The Morgan fingerprint density at radius 3 is 2.48 bits per heavy atom. The molecule has 0 aliphatic rings. The van der Waals surface area contributed by atoms with Crippen molar-refractivity contribution in [3.63, 3.8) is 0 Å². The van der Waals surface area contributed by atoms with Gasteiger partial charge in [0, 0.05) is 4.47 Å². The van der Waals surface area contributed by atoms with Crippen molar-refractivity contribution in [1.29, 1.82) is 0 Å². The molecule has 0 unspecified atom stereocenters. The number of rotatable bonds is 3. The zero-order valence-electron chi connectivity index (χ0n) is 11.8. The molecule has 0 saturated carbocycles. The predicted octanol–water partition coefficient (Wildman–Crippen LogP) is 5.54. The molecule has 1 aromatic carbocycles. The van der Waals surface area contributed by atoms with E-state index in [9.17, 15) is 0 Å². The van der Waals surface area contributed by atoms with Crippen molar-refractivity contribution < 1.29 is 4.52 Å². The van der Waals surface area contributed by atoms with Crippen LogP contribution in [0.25, 0.3) is 21.8 Å². The Bertz CT molecular complexity index is 759. The van der Waals surface area contributed by atoms with Crippen LogP contribution in [0.3, 0.4) is 0 Å². The van der Waals surface area contributed by atoms with Gasteiger partial charge in [-0.2, -0.15) is 0 Å². The van der Waals surface area contributed by atoms with Gasteiger partial charge in [-0.3, -0.25) is 0 Å². The summed E-state index contributed by atoms with van der Waals surface area (Å²) in [5.41, 5.74) is 9.19. The number of anilines is 1. The summed E-state index contributed by atoms with van der Waals surface area (Å²) in [7, 11) is 0. The highest BCUT2D eigenvalue weighted by molar-refractivity contribution is 9.10. The molecule has 0 radical (unpaired) electrons. The predicted molar refractivity (Wildman–Crippen MR) is 91.5 cm³/mol. The summed E-state index contributed by atoms with van der Waals surface area (Å²) in [6, 6.07) is 10.4. The fourth-order valence-corrected chi connectivity index (χ4v) is 3.76. The van der Waals surface area contributed by atoms with E-state index in [1.165, 1.54) is 5.56 Å². The van der Waals surface area contributed by atoms with Crippen molar-refractivity contribution in [1.82, 2.24) is 5.16 Å². The third kappa shape index (κ3) is 2.63. The number of hydrogen-bond donors (Lipinski definition) is 1. The van der Waals surface area contributed by atoms with Crippen LogP contribution in [0, 0.1) is 0 Å². The number of halogens is 1. The van der Waals surface area contributed by atoms with Crippen molar-refractivity contribution in [3.8, 4) is 21.8 Å². The zero-order chi connectivity index (χ0) is 15.0. The third-order valence-corrected chi connectivity index (χ3v) is 5.24. The van der Waals surface area contributed by atoms with Crippen LogP contribution in [0.2, 0.25) is 0 Å². The Labute approximate surface area is 135 Å². The lowest BCUT2D eigenvalue weighted by Crippen LogP contribution is -1.90. The van der Waals surface area contributed by atoms with E-state index in [1.54, 1.807) is 11.3 Å². The second-order valence-electron chi connectivity index (χ2n) is 5.15. The molecule has 0 aliphatic heterocycles. The van der Waals surface area contributed by atoms with E-state index in [2.05, 4.69) is 59.2 Å². The van der Waals surface area contributed by atoms with Gasteiger partial charge in [-0.05, 0) is 44.4 Å². The molecule has 2 N–H and O–H groups in total. The Hall–Kier alpha value is -1.59. The first-order valence-corrected chi connectivity index (χ1v) is 8.34.